The van der Waals surface area contributed by atoms with Gasteiger partial charge in [-0.15, -0.1) is 0 Å². The first-order valence-electron chi connectivity index (χ1n) is 5.59. The van der Waals surface area contributed by atoms with Crippen LogP contribution in [-0.4, -0.2) is 18.2 Å². The highest BCUT2D eigenvalue weighted by Crippen LogP contribution is 2.10. The number of rotatable bonds is 6. The highest BCUT2D eigenvalue weighted by Gasteiger charge is 2.04. The van der Waals surface area contributed by atoms with Gasteiger partial charge in [0.2, 0.25) is 5.91 Å². The molecule has 0 aromatic heterocycles. The monoisotopic (exact) mass is 237 g/mol. The fraction of sp³-hybridized carbons (Fsp3) is 0.462. The molecular formula is C13H19NOS. The van der Waals surface area contributed by atoms with Crippen LogP contribution >= 0.6 is 11.8 Å². The minimum Gasteiger partial charge on any atom is -0.355 e. The number of hydrogen-bond donors (Lipinski definition) is 1. The lowest BCUT2D eigenvalue weighted by Gasteiger charge is -2.07. The van der Waals surface area contributed by atoms with E-state index in [9.17, 15) is 4.79 Å². The molecule has 1 amide bonds. The summed E-state index contributed by atoms with van der Waals surface area (Å²) in [5.74, 6) is 2.20. The Hall–Kier alpha value is -0.960. The van der Waals surface area contributed by atoms with Gasteiger partial charge in [0, 0.05) is 24.0 Å². The predicted octanol–water partition coefficient (Wildman–Crippen LogP) is 2.69. The molecule has 0 aliphatic heterocycles. The third-order valence-corrected chi connectivity index (χ3v) is 3.21. The molecule has 0 fully saturated rings. The molecule has 0 spiro atoms. The van der Waals surface area contributed by atoms with E-state index in [1.54, 1.807) is 0 Å². The number of amides is 1. The van der Waals surface area contributed by atoms with E-state index in [1.165, 1.54) is 5.56 Å². The third kappa shape index (κ3) is 5.21. The van der Waals surface area contributed by atoms with Gasteiger partial charge in [-0.05, 0) is 5.56 Å². The van der Waals surface area contributed by atoms with E-state index in [-0.39, 0.29) is 11.8 Å². The van der Waals surface area contributed by atoms with Gasteiger partial charge < -0.3 is 5.32 Å². The van der Waals surface area contributed by atoms with Crippen molar-refractivity contribution in [1.29, 1.82) is 0 Å². The maximum atomic E-state index is 11.3. The fourth-order valence-electron chi connectivity index (χ4n) is 1.21. The van der Waals surface area contributed by atoms with E-state index < -0.39 is 0 Å². The molecular weight excluding hydrogens is 218 g/mol. The van der Waals surface area contributed by atoms with E-state index in [0.29, 0.717) is 0 Å². The Labute approximate surface area is 102 Å². The van der Waals surface area contributed by atoms with Gasteiger partial charge in [-0.25, -0.2) is 0 Å². The molecule has 0 bridgehead atoms. The molecule has 1 rings (SSSR count). The highest BCUT2D eigenvalue weighted by molar-refractivity contribution is 7.98. The zero-order valence-electron chi connectivity index (χ0n) is 9.90. The zero-order valence-corrected chi connectivity index (χ0v) is 10.7. The standard InChI is InChI=1S/C13H19NOS/c1-11(2)13(15)14-8-9-16-10-12-6-4-3-5-7-12/h3-7,11H,8-10H2,1-2H3,(H,14,15). The Kier molecular flexibility index (Phi) is 6.01. The molecule has 88 valence electrons. The van der Waals surface area contributed by atoms with Crippen molar-refractivity contribution in [1.82, 2.24) is 5.32 Å². The summed E-state index contributed by atoms with van der Waals surface area (Å²) in [6.45, 7) is 4.58. The lowest BCUT2D eigenvalue weighted by molar-refractivity contribution is -0.123. The summed E-state index contributed by atoms with van der Waals surface area (Å²) in [6, 6.07) is 10.4. The molecule has 0 saturated heterocycles. The maximum Gasteiger partial charge on any atom is 0.222 e. The lowest BCUT2D eigenvalue weighted by Crippen LogP contribution is -2.29. The summed E-state index contributed by atoms with van der Waals surface area (Å²) in [5, 5.41) is 2.91. The second-order valence-corrected chi connectivity index (χ2v) is 5.09. The van der Waals surface area contributed by atoms with E-state index in [1.807, 2.05) is 31.7 Å². The molecule has 0 unspecified atom stereocenters. The molecule has 1 aromatic rings. The molecule has 3 heteroatoms. The smallest absolute Gasteiger partial charge is 0.222 e. The molecule has 16 heavy (non-hydrogen) atoms. The first-order valence-corrected chi connectivity index (χ1v) is 6.75. The predicted molar refractivity (Wildman–Crippen MR) is 70.5 cm³/mol. The topological polar surface area (TPSA) is 29.1 Å². The van der Waals surface area contributed by atoms with Gasteiger partial charge in [-0.2, -0.15) is 11.8 Å². The van der Waals surface area contributed by atoms with Crippen LogP contribution in [0.1, 0.15) is 19.4 Å². The maximum absolute atomic E-state index is 11.3. The van der Waals surface area contributed by atoms with E-state index in [4.69, 9.17) is 0 Å². The van der Waals surface area contributed by atoms with Crippen LogP contribution in [0.3, 0.4) is 0 Å². The molecule has 0 heterocycles. The molecule has 1 N–H and O–H groups in total. The molecule has 0 radical (unpaired) electrons. The molecule has 0 aliphatic carbocycles. The number of hydrogen-bond acceptors (Lipinski definition) is 2. The Bertz CT molecular complexity index is 311. The Morgan fingerprint density at radius 3 is 2.62 bits per heavy atom. The summed E-state index contributed by atoms with van der Waals surface area (Å²) in [7, 11) is 0. The number of nitrogens with one attached hydrogen (secondary N) is 1. The van der Waals surface area contributed by atoms with E-state index >= 15 is 0 Å². The van der Waals surface area contributed by atoms with Crippen LogP contribution in [0.5, 0.6) is 0 Å². The van der Waals surface area contributed by atoms with Crippen molar-refractivity contribution < 1.29 is 4.79 Å². The second kappa shape index (κ2) is 7.34. The quantitative estimate of drug-likeness (QED) is 0.771. The summed E-state index contributed by atoms with van der Waals surface area (Å²) >= 11 is 1.85. The largest absolute Gasteiger partial charge is 0.355 e. The summed E-state index contributed by atoms with van der Waals surface area (Å²) in [4.78, 5) is 11.3. The Balaban J connectivity index is 2.07. The van der Waals surface area contributed by atoms with Crippen LogP contribution in [0.15, 0.2) is 30.3 Å². The van der Waals surface area contributed by atoms with Crippen molar-refractivity contribution in [3.63, 3.8) is 0 Å². The molecule has 0 atom stereocenters. The number of benzene rings is 1. The van der Waals surface area contributed by atoms with Crippen molar-refractivity contribution >= 4 is 17.7 Å². The van der Waals surface area contributed by atoms with Crippen molar-refractivity contribution in [2.75, 3.05) is 12.3 Å². The SMILES string of the molecule is CC(C)C(=O)NCCSCc1ccccc1. The van der Waals surface area contributed by atoms with Crippen LogP contribution in [0, 0.1) is 5.92 Å². The highest BCUT2D eigenvalue weighted by atomic mass is 32.2. The van der Waals surface area contributed by atoms with Crippen molar-refractivity contribution in [2.45, 2.75) is 19.6 Å². The number of thioether (sulfide) groups is 1. The summed E-state index contributed by atoms with van der Waals surface area (Å²) in [6.07, 6.45) is 0. The minimum absolute atomic E-state index is 0.0825. The Morgan fingerprint density at radius 2 is 2.00 bits per heavy atom. The second-order valence-electron chi connectivity index (χ2n) is 3.98. The van der Waals surface area contributed by atoms with Gasteiger partial charge in [0.05, 0.1) is 0 Å². The van der Waals surface area contributed by atoms with Crippen LogP contribution in [0.2, 0.25) is 0 Å². The summed E-state index contributed by atoms with van der Waals surface area (Å²) in [5.41, 5.74) is 1.34. The number of carbonyl (C=O) groups is 1. The van der Waals surface area contributed by atoms with Gasteiger partial charge in [-0.3, -0.25) is 4.79 Å². The van der Waals surface area contributed by atoms with Crippen molar-refractivity contribution in [3.05, 3.63) is 35.9 Å². The van der Waals surface area contributed by atoms with Gasteiger partial charge in [-0.1, -0.05) is 44.2 Å². The van der Waals surface area contributed by atoms with E-state index in [0.717, 1.165) is 18.1 Å². The molecule has 0 aliphatic rings. The van der Waals surface area contributed by atoms with Crippen LogP contribution in [0.25, 0.3) is 0 Å². The minimum atomic E-state index is 0.0825. The zero-order chi connectivity index (χ0) is 11.8. The molecule has 0 saturated carbocycles. The van der Waals surface area contributed by atoms with E-state index in [2.05, 4.69) is 29.6 Å². The average Bonchev–Trinajstić information content (AvgIpc) is 2.29. The van der Waals surface area contributed by atoms with Crippen molar-refractivity contribution in [3.8, 4) is 0 Å². The Morgan fingerprint density at radius 1 is 1.31 bits per heavy atom. The third-order valence-electron chi connectivity index (χ3n) is 2.18. The average molecular weight is 237 g/mol. The first-order chi connectivity index (χ1) is 7.70. The normalized spacial score (nSPS) is 10.4. The van der Waals surface area contributed by atoms with Crippen LogP contribution in [-0.2, 0) is 10.5 Å². The van der Waals surface area contributed by atoms with Gasteiger partial charge >= 0.3 is 0 Å². The van der Waals surface area contributed by atoms with Crippen LogP contribution in [0.4, 0.5) is 0 Å². The number of carbonyl (C=O) groups excluding carboxylic acids is 1. The van der Waals surface area contributed by atoms with Gasteiger partial charge in [0.15, 0.2) is 0 Å². The fourth-order valence-corrected chi connectivity index (χ4v) is 2.03. The molecule has 1 aromatic carbocycles. The van der Waals surface area contributed by atoms with Crippen LogP contribution < -0.4 is 5.32 Å². The van der Waals surface area contributed by atoms with Gasteiger partial charge in [0.1, 0.15) is 0 Å². The lowest BCUT2D eigenvalue weighted by atomic mass is 10.2. The first kappa shape index (κ1) is 13.1. The van der Waals surface area contributed by atoms with Crippen molar-refractivity contribution in [2.24, 2.45) is 5.92 Å². The van der Waals surface area contributed by atoms with Gasteiger partial charge in [0.25, 0.3) is 0 Å². The summed E-state index contributed by atoms with van der Waals surface area (Å²) < 4.78 is 0. The molecule has 2 nitrogen and oxygen atoms in total.